The highest BCUT2D eigenvalue weighted by Gasteiger charge is 2.40. The molecule has 1 spiro atoms. The molecule has 5 heteroatoms. The Bertz CT molecular complexity index is 585. The smallest absolute Gasteiger partial charge is 0.234 e. The van der Waals surface area contributed by atoms with Crippen molar-refractivity contribution < 1.29 is 14.3 Å². The van der Waals surface area contributed by atoms with Gasteiger partial charge in [0.1, 0.15) is 0 Å². The van der Waals surface area contributed by atoms with Gasteiger partial charge in [-0.05, 0) is 24.3 Å². The minimum absolute atomic E-state index is 0.134. The van der Waals surface area contributed by atoms with Gasteiger partial charge in [-0.25, -0.2) is 0 Å². The number of hydrogen-bond donors (Lipinski definition) is 1. The van der Waals surface area contributed by atoms with Crippen molar-refractivity contribution in [1.82, 2.24) is 10.2 Å². The number of piperidine rings is 1. The Hall–Kier alpha value is -1.43. The molecule has 1 aliphatic carbocycles. The van der Waals surface area contributed by atoms with Gasteiger partial charge in [-0.2, -0.15) is 0 Å². The highest BCUT2D eigenvalue weighted by Crippen LogP contribution is 2.36. The summed E-state index contributed by atoms with van der Waals surface area (Å²) in [4.78, 5) is 15.0. The van der Waals surface area contributed by atoms with Crippen molar-refractivity contribution in [2.75, 3.05) is 32.8 Å². The van der Waals surface area contributed by atoms with E-state index in [1.165, 1.54) is 31.2 Å². The second-order valence-electron chi connectivity index (χ2n) is 7.88. The van der Waals surface area contributed by atoms with Crippen molar-refractivity contribution in [3.63, 3.8) is 0 Å². The van der Waals surface area contributed by atoms with Crippen LogP contribution < -0.4 is 5.32 Å². The van der Waals surface area contributed by atoms with Crippen LogP contribution in [0, 0.1) is 5.92 Å². The van der Waals surface area contributed by atoms with Gasteiger partial charge in [0, 0.05) is 25.9 Å². The fraction of sp³-hybridized carbons (Fsp3) is 0.667. The molecule has 2 aliphatic heterocycles. The van der Waals surface area contributed by atoms with Gasteiger partial charge >= 0.3 is 0 Å². The van der Waals surface area contributed by atoms with Crippen LogP contribution in [0.25, 0.3) is 0 Å². The molecule has 1 aromatic carbocycles. The van der Waals surface area contributed by atoms with E-state index in [2.05, 4.69) is 34.5 Å². The molecule has 1 atom stereocenters. The third-order valence-corrected chi connectivity index (χ3v) is 6.15. The van der Waals surface area contributed by atoms with Crippen molar-refractivity contribution in [3.8, 4) is 0 Å². The molecule has 0 radical (unpaired) electrons. The molecule has 1 N–H and O–H groups in total. The van der Waals surface area contributed by atoms with E-state index >= 15 is 0 Å². The lowest BCUT2D eigenvalue weighted by atomic mass is 9.91. The average Bonchev–Trinajstić information content (AvgIpc) is 3.35. The van der Waals surface area contributed by atoms with Crippen LogP contribution in [0.4, 0.5) is 0 Å². The summed E-state index contributed by atoms with van der Waals surface area (Å²) >= 11 is 0. The predicted octanol–water partition coefficient (Wildman–Crippen LogP) is 2.87. The van der Waals surface area contributed by atoms with Crippen molar-refractivity contribution in [2.24, 2.45) is 5.92 Å². The predicted molar refractivity (Wildman–Crippen MR) is 99.6 cm³/mol. The molecule has 3 fully saturated rings. The first-order valence-corrected chi connectivity index (χ1v) is 10.1. The zero-order valence-electron chi connectivity index (χ0n) is 15.5. The van der Waals surface area contributed by atoms with E-state index in [0.717, 1.165) is 25.9 Å². The summed E-state index contributed by atoms with van der Waals surface area (Å²) < 4.78 is 11.6. The molecule has 1 amide bonds. The fourth-order valence-electron chi connectivity index (χ4n) is 4.68. The molecule has 4 rings (SSSR count). The Morgan fingerprint density at radius 2 is 1.77 bits per heavy atom. The molecule has 26 heavy (non-hydrogen) atoms. The van der Waals surface area contributed by atoms with Gasteiger partial charge in [-0.1, -0.05) is 43.2 Å². The molecule has 1 unspecified atom stereocenters. The highest BCUT2D eigenvalue weighted by atomic mass is 16.7. The zero-order chi connectivity index (χ0) is 17.8. The molecule has 2 heterocycles. The maximum Gasteiger partial charge on any atom is 0.234 e. The van der Waals surface area contributed by atoms with Crippen molar-refractivity contribution in [1.29, 1.82) is 0 Å². The lowest BCUT2D eigenvalue weighted by Crippen LogP contribution is -2.48. The Kier molecular flexibility index (Phi) is 5.57. The fourth-order valence-corrected chi connectivity index (χ4v) is 4.68. The number of nitrogens with zero attached hydrogens (tertiary/aromatic N) is 1. The Labute approximate surface area is 156 Å². The standard InChI is InChI=1S/C21H30N2O3/c24-19(16-23-12-10-21(11-13-23)25-14-15-26-21)22-20(18-8-4-5-9-18)17-6-2-1-3-7-17/h1-3,6-7,18,20H,4-5,8-16H2,(H,22,24). The van der Waals surface area contributed by atoms with E-state index in [1.54, 1.807) is 0 Å². The van der Waals surface area contributed by atoms with Gasteiger partial charge < -0.3 is 14.8 Å². The van der Waals surface area contributed by atoms with Gasteiger partial charge in [0.2, 0.25) is 5.91 Å². The minimum atomic E-state index is -0.372. The molecule has 2 saturated heterocycles. The topological polar surface area (TPSA) is 50.8 Å². The van der Waals surface area contributed by atoms with E-state index in [1.807, 2.05) is 6.07 Å². The van der Waals surface area contributed by atoms with E-state index in [9.17, 15) is 4.79 Å². The Morgan fingerprint density at radius 1 is 1.12 bits per heavy atom. The number of amides is 1. The van der Waals surface area contributed by atoms with Crippen LogP contribution in [0.1, 0.15) is 50.1 Å². The van der Waals surface area contributed by atoms with Gasteiger partial charge in [0.15, 0.2) is 5.79 Å². The van der Waals surface area contributed by atoms with Gasteiger partial charge in [-0.15, -0.1) is 0 Å². The van der Waals surface area contributed by atoms with Gasteiger partial charge in [0.25, 0.3) is 0 Å². The van der Waals surface area contributed by atoms with E-state index in [0.29, 0.717) is 25.7 Å². The number of carbonyl (C=O) groups excluding carboxylic acids is 1. The second-order valence-corrected chi connectivity index (χ2v) is 7.88. The first-order chi connectivity index (χ1) is 12.7. The van der Waals surface area contributed by atoms with Crippen molar-refractivity contribution in [2.45, 2.75) is 50.4 Å². The summed E-state index contributed by atoms with van der Waals surface area (Å²) in [5.41, 5.74) is 1.23. The molecule has 3 aliphatic rings. The molecule has 1 saturated carbocycles. The molecular formula is C21H30N2O3. The minimum Gasteiger partial charge on any atom is -0.348 e. The maximum atomic E-state index is 12.7. The molecule has 142 valence electrons. The van der Waals surface area contributed by atoms with Crippen LogP contribution in [-0.4, -0.2) is 49.4 Å². The zero-order valence-corrected chi connectivity index (χ0v) is 15.5. The number of carbonyl (C=O) groups is 1. The first kappa shape index (κ1) is 18.0. The number of likely N-dealkylation sites (tertiary alicyclic amines) is 1. The van der Waals surface area contributed by atoms with Gasteiger partial charge in [-0.3, -0.25) is 9.69 Å². The van der Waals surface area contributed by atoms with Crippen LogP contribution in [0.15, 0.2) is 30.3 Å². The summed E-state index contributed by atoms with van der Waals surface area (Å²) in [6, 6.07) is 10.6. The third kappa shape index (κ3) is 4.11. The van der Waals surface area contributed by atoms with Crippen LogP contribution in [0.5, 0.6) is 0 Å². The highest BCUT2D eigenvalue weighted by molar-refractivity contribution is 5.78. The number of rotatable bonds is 5. The molecule has 5 nitrogen and oxygen atoms in total. The SMILES string of the molecule is O=C(CN1CCC2(CC1)OCCO2)NC(c1ccccc1)C1CCCC1. The number of benzene rings is 1. The lowest BCUT2D eigenvalue weighted by molar-refractivity contribution is -0.185. The largest absolute Gasteiger partial charge is 0.348 e. The van der Waals surface area contributed by atoms with Crippen molar-refractivity contribution >= 4 is 5.91 Å². The third-order valence-electron chi connectivity index (χ3n) is 6.15. The van der Waals surface area contributed by atoms with E-state index in [4.69, 9.17) is 9.47 Å². The second kappa shape index (κ2) is 8.07. The van der Waals surface area contributed by atoms with Gasteiger partial charge in [0.05, 0.1) is 25.8 Å². The van der Waals surface area contributed by atoms with Crippen molar-refractivity contribution in [3.05, 3.63) is 35.9 Å². The van der Waals surface area contributed by atoms with Crippen LogP contribution in [-0.2, 0) is 14.3 Å². The maximum absolute atomic E-state index is 12.7. The summed E-state index contributed by atoms with van der Waals surface area (Å²) in [6.07, 6.45) is 6.67. The van der Waals surface area contributed by atoms with Crippen LogP contribution in [0.3, 0.4) is 0 Å². The normalized spacial score (nSPS) is 24.8. The molecule has 0 aromatic heterocycles. The summed E-state index contributed by atoms with van der Waals surface area (Å²) in [5.74, 6) is 0.324. The molecule has 0 bridgehead atoms. The monoisotopic (exact) mass is 358 g/mol. The van der Waals surface area contributed by atoms with Crippen LogP contribution >= 0.6 is 0 Å². The Balaban J connectivity index is 1.33. The lowest BCUT2D eigenvalue weighted by Gasteiger charge is -2.37. The molecular weight excluding hydrogens is 328 g/mol. The average molecular weight is 358 g/mol. The molecule has 1 aromatic rings. The summed E-state index contributed by atoms with van der Waals surface area (Å²) in [5, 5.41) is 3.34. The summed E-state index contributed by atoms with van der Waals surface area (Å²) in [7, 11) is 0. The summed E-state index contributed by atoms with van der Waals surface area (Å²) in [6.45, 7) is 3.56. The first-order valence-electron chi connectivity index (χ1n) is 10.1. The number of nitrogens with one attached hydrogen (secondary N) is 1. The number of ether oxygens (including phenoxy) is 2. The quantitative estimate of drug-likeness (QED) is 0.879. The van der Waals surface area contributed by atoms with E-state index < -0.39 is 0 Å². The number of hydrogen-bond acceptors (Lipinski definition) is 4. The Morgan fingerprint density at radius 3 is 2.42 bits per heavy atom. The van der Waals surface area contributed by atoms with Crippen LogP contribution in [0.2, 0.25) is 0 Å². The van der Waals surface area contributed by atoms with E-state index in [-0.39, 0.29) is 17.7 Å².